The van der Waals surface area contributed by atoms with E-state index in [4.69, 9.17) is 0 Å². The van der Waals surface area contributed by atoms with Crippen LogP contribution in [0.2, 0.25) is 0 Å². The minimum atomic E-state index is -3.60. The summed E-state index contributed by atoms with van der Waals surface area (Å²) in [5.41, 5.74) is 0.446. The third-order valence-corrected chi connectivity index (χ3v) is 8.99. The van der Waals surface area contributed by atoms with E-state index in [1.807, 2.05) is 4.90 Å². The predicted octanol–water partition coefficient (Wildman–Crippen LogP) is 2.74. The molecule has 170 valence electrons. The Morgan fingerprint density at radius 1 is 1.06 bits per heavy atom. The summed E-state index contributed by atoms with van der Waals surface area (Å²) in [4.78, 5) is 29.6. The smallest absolute Gasteiger partial charge is 0.243 e. The SMILES string of the molecule is CC1CCN(S(=O)(=O)c2ccc3c(c2)C(C)(C)C(=O)N3CC(=O)N2CCCCC2)CC1. The molecule has 3 aliphatic rings. The lowest BCUT2D eigenvalue weighted by atomic mass is 9.86. The number of nitrogens with zero attached hydrogens (tertiary/aromatic N) is 3. The Hall–Kier alpha value is -1.93. The van der Waals surface area contributed by atoms with Crippen molar-refractivity contribution in [1.29, 1.82) is 0 Å². The number of piperidine rings is 2. The minimum Gasteiger partial charge on any atom is -0.341 e. The Kier molecular flexibility index (Phi) is 5.89. The molecule has 0 N–H and O–H groups in total. The molecule has 2 saturated heterocycles. The highest BCUT2D eigenvalue weighted by Crippen LogP contribution is 2.43. The Morgan fingerprint density at radius 3 is 2.35 bits per heavy atom. The van der Waals surface area contributed by atoms with E-state index in [0.717, 1.165) is 45.2 Å². The molecule has 4 rings (SSSR count). The number of benzene rings is 1. The summed E-state index contributed by atoms with van der Waals surface area (Å²) in [7, 11) is -3.60. The highest BCUT2D eigenvalue weighted by Gasteiger charge is 2.45. The van der Waals surface area contributed by atoms with Crippen LogP contribution in [-0.2, 0) is 25.0 Å². The minimum absolute atomic E-state index is 0.00533. The zero-order valence-corrected chi connectivity index (χ0v) is 19.6. The van der Waals surface area contributed by atoms with Gasteiger partial charge >= 0.3 is 0 Å². The maximum absolute atomic E-state index is 13.2. The van der Waals surface area contributed by atoms with E-state index in [1.165, 1.54) is 4.90 Å². The maximum Gasteiger partial charge on any atom is 0.243 e. The van der Waals surface area contributed by atoms with Gasteiger partial charge in [0.1, 0.15) is 6.54 Å². The van der Waals surface area contributed by atoms with Gasteiger partial charge in [0.05, 0.1) is 10.3 Å². The Labute approximate surface area is 185 Å². The average Bonchev–Trinajstić information content (AvgIpc) is 2.95. The third-order valence-electron chi connectivity index (χ3n) is 7.09. The van der Waals surface area contributed by atoms with Crippen molar-refractivity contribution in [2.75, 3.05) is 37.6 Å². The van der Waals surface area contributed by atoms with Crippen molar-refractivity contribution in [3.05, 3.63) is 23.8 Å². The van der Waals surface area contributed by atoms with Crippen molar-refractivity contribution < 1.29 is 18.0 Å². The molecule has 31 heavy (non-hydrogen) atoms. The summed E-state index contributed by atoms with van der Waals surface area (Å²) in [6.07, 6.45) is 4.85. The topological polar surface area (TPSA) is 78.0 Å². The zero-order valence-electron chi connectivity index (χ0n) is 18.8. The van der Waals surface area contributed by atoms with E-state index in [2.05, 4.69) is 6.92 Å². The van der Waals surface area contributed by atoms with Crippen molar-refractivity contribution in [2.24, 2.45) is 5.92 Å². The van der Waals surface area contributed by atoms with Gasteiger partial charge in [-0.15, -0.1) is 0 Å². The second-order valence-corrected chi connectivity index (χ2v) is 11.7. The van der Waals surface area contributed by atoms with Crippen LogP contribution in [0.4, 0.5) is 5.69 Å². The number of hydrogen-bond acceptors (Lipinski definition) is 4. The van der Waals surface area contributed by atoms with Crippen LogP contribution >= 0.6 is 0 Å². The Bertz CT molecular complexity index is 975. The number of likely N-dealkylation sites (tertiary alicyclic amines) is 1. The first-order valence-corrected chi connectivity index (χ1v) is 12.8. The number of rotatable bonds is 4. The molecule has 0 aromatic heterocycles. The molecule has 8 heteroatoms. The fourth-order valence-electron chi connectivity index (χ4n) is 4.88. The van der Waals surface area contributed by atoms with Gasteiger partial charge < -0.3 is 9.80 Å². The van der Waals surface area contributed by atoms with Gasteiger partial charge in [-0.25, -0.2) is 8.42 Å². The van der Waals surface area contributed by atoms with Gasteiger partial charge in [0.15, 0.2) is 0 Å². The van der Waals surface area contributed by atoms with Crippen LogP contribution in [0, 0.1) is 5.92 Å². The van der Waals surface area contributed by atoms with Crippen molar-refractivity contribution in [1.82, 2.24) is 9.21 Å². The van der Waals surface area contributed by atoms with Crippen LogP contribution in [0.3, 0.4) is 0 Å². The van der Waals surface area contributed by atoms with Crippen LogP contribution in [0.5, 0.6) is 0 Å². The Morgan fingerprint density at radius 2 is 1.71 bits per heavy atom. The van der Waals surface area contributed by atoms with Gasteiger partial charge in [0, 0.05) is 31.9 Å². The molecular formula is C23H33N3O4S. The average molecular weight is 448 g/mol. The van der Waals surface area contributed by atoms with Crippen LogP contribution in [0.1, 0.15) is 58.4 Å². The monoisotopic (exact) mass is 447 g/mol. The lowest BCUT2D eigenvalue weighted by molar-refractivity contribution is -0.132. The summed E-state index contributed by atoms with van der Waals surface area (Å²) in [6, 6.07) is 4.93. The molecule has 3 aliphatic heterocycles. The molecule has 0 aliphatic carbocycles. The van der Waals surface area contributed by atoms with Crippen LogP contribution < -0.4 is 4.90 Å². The first-order valence-electron chi connectivity index (χ1n) is 11.4. The fraction of sp³-hybridized carbons (Fsp3) is 0.652. The van der Waals surface area contributed by atoms with Gasteiger partial charge in [0.2, 0.25) is 21.8 Å². The molecule has 0 unspecified atom stereocenters. The lowest BCUT2D eigenvalue weighted by Crippen LogP contribution is -2.45. The zero-order chi connectivity index (χ0) is 22.4. The second kappa shape index (κ2) is 8.20. The van der Waals surface area contributed by atoms with Gasteiger partial charge in [0.25, 0.3) is 0 Å². The third kappa shape index (κ3) is 4.00. The van der Waals surface area contributed by atoms with E-state index in [0.29, 0.717) is 30.3 Å². The number of amides is 2. The van der Waals surface area contributed by atoms with E-state index in [1.54, 1.807) is 36.4 Å². The molecule has 0 atom stereocenters. The van der Waals surface area contributed by atoms with Crippen LogP contribution in [0.15, 0.2) is 23.1 Å². The Balaban J connectivity index is 1.61. The van der Waals surface area contributed by atoms with E-state index >= 15 is 0 Å². The largest absolute Gasteiger partial charge is 0.341 e. The van der Waals surface area contributed by atoms with Crippen molar-refractivity contribution in [3.63, 3.8) is 0 Å². The maximum atomic E-state index is 13.2. The van der Waals surface area contributed by atoms with Gasteiger partial charge in [-0.3, -0.25) is 9.59 Å². The molecule has 0 spiro atoms. The van der Waals surface area contributed by atoms with Crippen LogP contribution in [-0.4, -0.2) is 62.2 Å². The highest BCUT2D eigenvalue weighted by atomic mass is 32.2. The normalized spacial score (nSPS) is 22.6. The number of anilines is 1. The highest BCUT2D eigenvalue weighted by molar-refractivity contribution is 7.89. The molecular weight excluding hydrogens is 414 g/mol. The number of carbonyl (C=O) groups is 2. The molecule has 2 fully saturated rings. The van der Waals surface area contributed by atoms with Gasteiger partial charge in [-0.2, -0.15) is 4.31 Å². The number of fused-ring (bicyclic) bond motifs is 1. The van der Waals surface area contributed by atoms with Crippen molar-refractivity contribution in [3.8, 4) is 0 Å². The molecule has 0 bridgehead atoms. The second-order valence-electron chi connectivity index (χ2n) is 9.72. The molecule has 1 aromatic rings. The van der Waals surface area contributed by atoms with Gasteiger partial charge in [-0.05, 0) is 75.6 Å². The lowest BCUT2D eigenvalue weighted by Gasteiger charge is -2.30. The molecule has 2 amide bonds. The molecule has 1 aromatic carbocycles. The summed E-state index contributed by atoms with van der Waals surface area (Å²) in [5, 5.41) is 0. The molecule has 7 nitrogen and oxygen atoms in total. The molecule has 0 radical (unpaired) electrons. The van der Waals surface area contributed by atoms with E-state index < -0.39 is 15.4 Å². The number of carbonyl (C=O) groups excluding carboxylic acids is 2. The molecule has 3 heterocycles. The number of hydrogen-bond donors (Lipinski definition) is 0. The first-order chi connectivity index (χ1) is 14.6. The molecule has 0 saturated carbocycles. The summed E-state index contributed by atoms with van der Waals surface area (Å²) in [6.45, 7) is 8.29. The number of sulfonamides is 1. The van der Waals surface area contributed by atoms with E-state index in [-0.39, 0.29) is 23.3 Å². The fourth-order valence-corrected chi connectivity index (χ4v) is 6.38. The first kappa shape index (κ1) is 22.3. The standard InChI is InChI=1S/C23H33N3O4S/c1-17-9-13-25(14-10-17)31(29,30)18-7-8-20-19(15-18)23(2,3)22(28)26(20)16-21(27)24-11-5-4-6-12-24/h7-8,15,17H,4-6,9-14,16H2,1-3H3. The summed E-state index contributed by atoms with van der Waals surface area (Å²) in [5.74, 6) is 0.332. The van der Waals surface area contributed by atoms with Gasteiger partial charge in [-0.1, -0.05) is 6.92 Å². The predicted molar refractivity (Wildman–Crippen MR) is 119 cm³/mol. The summed E-state index contributed by atoms with van der Waals surface area (Å²) < 4.78 is 28.0. The van der Waals surface area contributed by atoms with Crippen LogP contribution in [0.25, 0.3) is 0 Å². The van der Waals surface area contributed by atoms with Crippen molar-refractivity contribution >= 4 is 27.5 Å². The summed E-state index contributed by atoms with van der Waals surface area (Å²) >= 11 is 0. The van der Waals surface area contributed by atoms with Crippen molar-refractivity contribution in [2.45, 2.75) is 63.2 Å². The quantitative estimate of drug-likeness (QED) is 0.711. The van der Waals surface area contributed by atoms with E-state index in [9.17, 15) is 18.0 Å².